The number of benzene rings is 1. The van der Waals surface area contributed by atoms with E-state index >= 15 is 0 Å². The SMILES string of the molecule is COC(=O)C1CCCN1C(=O)CC(=O)CS(=O)(=O)c1ccccc1Cl. The van der Waals surface area contributed by atoms with Crippen LogP contribution in [0, 0.1) is 0 Å². The van der Waals surface area contributed by atoms with Gasteiger partial charge in [0, 0.05) is 6.54 Å². The summed E-state index contributed by atoms with van der Waals surface area (Å²) in [6.07, 6.45) is 0.499. The van der Waals surface area contributed by atoms with E-state index in [2.05, 4.69) is 4.74 Å². The number of rotatable bonds is 6. The molecule has 1 aromatic carbocycles. The number of esters is 1. The van der Waals surface area contributed by atoms with Crippen LogP contribution >= 0.6 is 11.6 Å². The lowest BCUT2D eigenvalue weighted by atomic mass is 10.2. The van der Waals surface area contributed by atoms with Crippen LogP contribution in [0.2, 0.25) is 5.02 Å². The molecule has 7 nitrogen and oxygen atoms in total. The van der Waals surface area contributed by atoms with Gasteiger partial charge in [-0.1, -0.05) is 23.7 Å². The molecule has 1 atom stereocenters. The highest BCUT2D eigenvalue weighted by molar-refractivity contribution is 7.92. The number of Topliss-reactive ketones (excluding diaryl/α,β-unsaturated/α-hetero) is 1. The van der Waals surface area contributed by atoms with Crippen molar-refractivity contribution in [3.05, 3.63) is 29.3 Å². The lowest BCUT2D eigenvalue weighted by molar-refractivity contribution is -0.151. The molecule has 1 amide bonds. The minimum atomic E-state index is -3.94. The summed E-state index contributed by atoms with van der Waals surface area (Å²) in [5.41, 5.74) is 0. The lowest BCUT2D eigenvalue weighted by Gasteiger charge is -2.22. The first-order chi connectivity index (χ1) is 11.8. The number of ether oxygens (including phenoxy) is 1. The van der Waals surface area contributed by atoms with Gasteiger partial charge in [0.25, 0.3) is 0 Å². The number of hydrogen-bond acceptors (Lipinski definition) is 6. The monoisotopic (exact) mass is 387 g/mol. The van der Waals surface area contributed by atoms with E-state index in [9.17, 15) is 22.8 Å². The number of hydrogen-bond donors (Lipinski definition) is 0. The molecule has 9 heteroatoms. The van der Waals surface area contributed by atoms with E-state index in [-0.39, 0.29) is 9.92 Å². The molecule has 2 rings (SSSR count). The zero-order chi connectivity index (χ0) is 18.6. The van der Waals surface area contributed by atoms with Gasteiger partial charge in [-0.2, -0.15) is 0 Å². The standard InChI is InChI=1S/C16H18ClNO6S/c1-24-16(21)13-6-4-8-18(13)15(20)9-11(19)10-25(22,23)14-7-3-2-5-12(14)17/h2-3,5,7,13H,4,6,8-10H2,1H3. The summed E-state index contributed by atoms with van der Waals surface area (Å²) in [5, 5.41) is 0.0203. The smallest absolute Gasteiger partial charge is 0.328 e. The molecule has 25 heavy (non-hydrogen) atoms. The fraction of sp³-hybridized carbons (Fsp3) is 0.438. The first kappa shape index (κ1) is 19.4. The quantitative estimate of drug-likeness (QED) is 0.538. The van der Waals surface area contributed by atoms with Crippen LogP contribution in [0.3, 0.4) is 0 Å². The predicted octanol–water partition coefficient (Wildman–Crippen LogP) is 1.24. The minimum Gasteiger partial charge on any atom is -0.467 e. The number of carbonyl (C=O) groups excluding carboxylic acids is 3. The van der Waals surface area contributed by atoms with E-state index < -0.39 is 45.7 Å². The third-order valence-electron chi connectivity index (χ3n) is 3.92. The van der Waals surface area contributed by atoms with Gasteiger partial charge in [-0.05, 0) is 25.0 Å². The summed E-state index contributed by atoms with van der Waals surface area (Å²) in [5.74, 6) is -2.69. The van der Waals surface area contributed by atoms with Crippen molar-refractivity contribution in [1.29, 1.82) is 0 Å². The van der Waals surface area contributed by atoms with E-state index in [1.165, 1.54) is 30.2 Å². The Hall–Kier alpha value is -1.93. The van der Waals surface area contributed by atoms with Crippen LogP contribution in [0.25, 0.3) is 0 Å². The Labute approximate surface area is 150 Å². The van der Waals surface area contributed by atoms with E-state index in [1.807, 2.05) is 0 Å². The van der Waals surface area contributed by atoms with Crippen molar-refractivity contribution in [3.63, 3.8) is 0 Å². The minimum absolute atomic E-state index is 0.0203. The molecule has 0 N–H and O–H groups in total. The van der Waals surface area contributed by atoms with Crippen LogP contribution in [0.4, 0.5) is 0 Å². The van der Waals surface area contributed by atoms with Gasteiger partial charge in [0.15, 0.2) is 15.6 Å². The normalized spacial score (nSPS) is 17.4. The second-order valence-corrected chi connectivity index (χ2v) is 8.04. The highest BCUT2D eigenvalue weighted by atomic mass is 35.5. The molecule has 0 bridgehead atoms. The number of nitrogens with zero attached hydrogens (tertiary/aromatic N) is 1. The van der Waals surface area contributed by atoms with Gasteiger partial charge in [-0.25, -0.2) is 13.2 Å². The zero-order valence-corrected chi connectivity index (χ0v) is 15.2. The zero-order valence-electron chi connectivity index (χ0n) is 13.6. The van der Waals surface area contributed by atoms with Crippen molar-refractivity contribution in [2.24, 2.45) is 0 Å². The van der Waals surface area contributed by atoms with Gasteiger partial charge < -0.3 is 9.64 Å². The Kier molecular flexibility index (Phi) is 6.18. The first-order valence-electron chi connectivity index (χ1n) is 7.62. The van der Waals surface area contributed by atoms with Gasteiger partial charge in [-0.15, -0.1) is 0 Å². The third-order valence-corrected chi connectivity index (χ3v) is 6.09. The van der Waals surface area contributed by atoms with E-state index in [0.717, 1.165) is 0 Å². The van der Waals surface area contributed by atoms with Gasteiger partial charge in [0.05, 0.1) is 23.4 Å². The van der Waals surface area contributed by atoms with Crippen LogP contribution < -0.4 is 0 Å². The van der Waals surface area contributed by atoms with E-state index in [4.69, 9.17) is 11.6 Å². The molecule has 0 aliphatic carbocycles. The molecule has 0 spiro atoms. The Morgan fingerprint density at radius 3 is 2.60 bits per heavy atom. The molecule has 1 aliphatic rings. The number of ketones is 1. The van der Waals surface area contributed by atoms with Gasteiger partial charge in [-0.3, -0.25) is 9.59 Å². The van der Waals surface area contributed by atoms with Crippen LogP contribution in [0.15, 0.2) is 29.2 Å². The van der Waals surface area contributed by atoms with Crippen LogP contribution in [0.5, 0.6) is 0 Å². The molecule has 1 fully saturated rings. The number of carbonyl (C=O) groups is 3. The summed E-state index contributed by atoms with van der Waals surface area (Å²) in [6, 6.07) is 5.08. The maximum Gasteiger partial charge on any atom is 0.328 e. The van der Waals surface area contributed by atoms with E-state index in [0.29, 0.717) is 19.4 Å². The second-order valence-electron chi connectivity index (χ2n) is 5.67. The Bertz CT molecular complexity index is 792. The molecule has 1 unspecified atom stereocenters. The number of sulfone groups is 1. The summed E-state index contributed by atoms with van der Waals surface area (Å²) >= 11 is 5.85. The second kappa shape index (κ2) is 7.97. The van der Waals surface area contributed by atoms with Crippen molar-refractivity contribution in [2.75, 3.05) is 19.4 Å². The fourth-order valence-corrected chi connectivity index (χ4v) is 4.58. The van der Waals surface area contributed by atoms with Crippen molar-refractivity contribution >= 4 is 39.1 Å². The molecule has 1 aromatic rings. The number of halogens is 1. The molecule has 1 saturated heterocycles. The molecule has 1 aliphatic heterocycles. The molecule has 0 radical (unpaired) electrons. The van der Waals surface area contributed by atoms with Crippen LogP contribution in [-0.4, -0.2) is 56.4 Å². The molecule has 136 valence electrons. The number of amides is 1. The third kappa shape index (κ3) is 4.58. The van der Waals surface area contributed by atoms with Crippen LogP contribution in [-0.2, 0) is 29.0 Å². The Morgan fingerprint density at radius 2 is 1.96 bits per heavy atom. The number of methoxy groups -OCH3 is 1. The Morgan fingerprint density at radius 1 is 1.28 bits per heavy atom. The van der Waals surface area contributed by atoms with E-state index in [1.54, 1.807) is 6.07 Å². The Balaban J connectivity index is 2.03. The molecular formula is C16H18ClNO6S. The maximum absolute atomic E-state index is 12.3. The van der Waals surface area contributed by atoms with Gasteiger partial charge in [0.1, 0.15) is 11.8 Å². The average molecular weight is 388 g/mol. The maximum atomic E-state index is 12.3. The summed E-state index contributed by atoms with van der Waals surface area (Å²) < 4.78 is 29.2. The van der Waals surface area contributed by atoms with Crippen molar-refractivity contribution in [2.45, 2.75) is 30.2 Å². The summed E-state index contributed by atoms with van der Waals surface area (Å²) in [7, 11) is -2.71. The largest absolute Gasteiger partial charge is 0.467 e. The fourth-order valence-electron chi connectivity index (χ4n) is 2.75. The average Bonchev–Trinajstić information content (AvgIpc) is 3.03. The topological polar surface area (TPSA) is 97.8 Å². The highest BCUT2D eigenvalue weighted by Gasteiger charge is 2.35. The van der Waals surface area contributed by atoms with Gasteiger partial charge in [0.2, 0.25) is 5.91 Å². The molecule has 0 aromatic heterocycles. The molecule has 1 heterocycles. The predicted molar refractivity (Wildman–Crippen MR) is 89.9 cm³/mol. The van der Waals surface area contributed by atoms with Crippen LogP contribution in [0.1, 0.15) is 19.3 Å². The first-order valence-corrected chi connectivity index (χ1v) is 9.65. The summed E-state index contributed by atoms with van der Waals surface area (Å²) in [4.78, 5) is 37.1. The lowest BCUT2D eigenvalue weighted by Crippen LogP contribution is -2.42. The molecule has 0 saturated carbocycles. The number of likely N-dealkylation sites (tertiary alicyclic amines) is 1. The van der Waals surface area contributed by atoms with Crippen molar-refractivity contribution in [1.82, 2.24) is 4.90 Å². The van der Waals surface area contributed by atoms with Gasteiger partial charge >= 0.3 is 5.97 Å². The highest BCUT2D eigenvalue weighted by Crippen LogP contribution is 2.23. The van der Waals surface area contributed by atoms with Crippen molar-refractivity contribution < 1.29 is 27.5 Å². The summed E-state index contributed by atoms with van der Waals surface area (Å²) in [6.45, 7) is 0.336. The molecular weight excluding hydrogens is 370 g/mol. The van der Waals surface area contributed by atoms with Crippen molar-refractivity contribution in [3.8, 4) is 0 Å².